The van der Waals surface area contributed by atoms with Crippen molar-refractivity contribution in [2.24, 2.45) is 5.73 Å². The van der Waals surface area contributed by atoms with Crippen molar-refractivity contribution < 1.29 is 14.0 Å². The molecule has 2 aromatic heterocycles. The molecule has 5 aromatic rings. The molecule has 0 saturated heterocycles. The van der Waals surface area contributed by atoms with Crippen molar-refractivity contribution in [3.8, 4) is 5.69 Å². The lowest BCUT2D eigenvalue weighted by atomic mass is 10.0. The summed E-state index contributed by atoms with van der Waals surface area (Å²) in [5.74, 6) is -1.50. The van der Waals surface area contributed by atoms with Gasteiger partial charge in [0.05, 0.1) is 21.8 Å². The Bertz CT molecular complexity index is 1620. The molecule has 0 aliphatic carbocycles. The summed E-state index contributed by atoms with van der Waals surface area (Å²) in [6.45, 7) is 0. The number of halogens is 3. The molecule has 0 radical (unpaired) electrons. The summed E-state index contributed by atoms with van der Waals surface area (Å²) in [5, 5.41) is 9.49. The van der Waals surface area contributed by atoms with E-state index in [1.54, 1.807) is 30.3 Å². The number of carbonyl (C=O) groups excluding carboxylic acids is 2. The summed E-state index contributed by atoms with van der Waals surface area (Å²) in [7, 11) is 0. The molecule has 3 N–H and O–H groups in total. The normalized spacial score (nSPS) is 11.1. The number of carbonyl (C=O) groups is 2. The van der Waals surface area contributed by atoms with Crippen molar-refractivity contribution in [3.05, 3.63) is 93.6 Å². The van der Waals surface area contributed by atoms with Crippen LogP contribution in [0.25, 0.3) is 27.4 Å². The number of anilines is 1. The summed E-state index contributed by atoms with van der Waals surface area (Å²) in [6.07, 6.45) is 2.87. The molecule has 5 rings (SSSR count). The van der Waals surface area contributed by atoms with Crippen LogP contribution in [-0.2, 0) is 0 Å². The second-order valence-electron chi connectivity index (χ2n) is 7.43. The molecule has 168 valence electrons. The molecule has 0 unspecified atom stereocenters. The van der Waals surface area contributed by atoms with Gasteiger partial charge in [-0.15, -0.1) is 0 Å². The first-order valence-corrected chi connectivity index (χ1v) is 11.1. The third-order valence-corrected chi connectivity index (χ3v) is 6.26. The Morgan fingerprint density at radius 1 is 1.03 bits per heavy atom. The van der Waals surface area contributed by atoms with Gasteiger partial charge in [-0.05, 0) is 53.9 Å². The lowest BCUT2D eigenvalue weighted by Gasteiger charge is -2.11. The highest BCUT2D eigenvalue weighted by atomic mass is 79.9. The molecular formula is C24H14BrClFN5O2. The molecular weight excluding hydrogens is 525 g/mol. The molecule has 0 atom stereocenters. The van der Waals surface area contributed by atoms with Gasteiger partial charge in [0.1, 0.15) is 5.82 Å². The van der Waals surface area contributed by atoms with Crippen molar-refractivity contribution >= 4 is 66.7 Å². The van der Waals surface area contributed by atoms with Crippen LogP contribution in [-0.4, -0.2) is 26.6 Å². The Morgan fingerprint density at radius 2 is 1.79 bits per heavy atom. The maximum Gasteiger partial charge on any atom is 0.269 e. The van der Waals surface area contributed by atoms with E-state index in [0.717, 1.165) is 5.39 Å². The van der Waals surface area contributed by atoms with E-state index in [4.69, 9.17) is 17.3 Å². The molecule has 0 aliphatic heterocycles. The van der Waals surface area contributed by atoms with Crippen LogP contribution in [0.1, 0.15) is 20.8 Å². The van der Waals surface area contributed by atoms with E-state index in [1.807, 2.05) is 6.07 Å². The predicted molar refractivity (Wildman–Crippen MR) is 132 cm³/mol. The van der Waals surface area contributed by atoms with Gasteiger partial charge in [0, 0.05) is 33.3 Å². The summed E-state index contributed by atoms with van der Waals surface area (Å²) >= 11 is 9.65. The number of nitrogens with one attached hydrogen (secondary N) is 1. The van der Waals surface area contributed by atoms with E-state index >= 15 is 0 Å². The fourth-order valence-corrected chi connectivity index (χ4v) is 4.55. The molecule has 0 fully saturated rings. The van der Waals surface area contributed by atoms with Gasteiger partial charge in [-0.3, -0.25) is 14.6 Å². The van der Waals surface area contributed by atoms with Crippen molar-refractivity contribution in [2.75, 3.05) is 5.32 Å². The van der Waals surface area contributed by atoms with E-state index in [1.165, 1.54) is 35.3 Å². The van der Waals surface area contributed by atoms with Gasteiger partial charge in [0.2, 0.25) is 0 Å². The number of fused-ring (bicyclic) bond motifs is 3. The number of rotatable bonds is 4. The minimum absolute atomic E-state index is 0.0694. The lowest BCUT2D eigenvalue weighted by molar-refractivity contribution is 0.0994. The van der Waals surface area contributed by atoms with Gasteiger partial charge in [0.25, 0.3) is 11.8 Å². The Kier molecular flexibility index (Phi) is 5.51. The van der Waals surface area contributed by atoms with Gasteiger partial charge in [-0.2, -0.15) is 5.10 Å². The van der Waals surface area contributed by atoms with Crippen LogP contribution in [0.3, 0.4) is 0 Å². The van der Waals surface area contributed by atoms with E-state index in [9.17, 15) is 14.0 Å². The minimum atomic E-state index is -0.700. The Hall–Kier alpha value is -3.82. The number of hydrogen-bond donors (Lipinski definition) is 2. The molecule has 0 aliphatic rings. The van der Waals surface area contributed by atoms with Crippen molar-refractivity contribution in [2.45, 2.75) is 0 Å². The van der Waals surface area contributed by atoms with Gasteiger partial charge in [-0.1, -0.05) is 33.6 Å². The largest absolute Gasteiger partial charge is 0.364 e. The number of primary amides is 1. The van der Waals surface area contributed by atoms with Crippen LogP contribution in [0, 0.1) is 5.82 Å². The number of nitrogens with zero attached hydrogens (tertiary/aromatic N) is 3. The van der Waals surface area contributed by atoms with Gasteiger partial charge in [0.15, 0.2) is 5.69 Å². The van der Waals surface area contributed by atoms with Crippen LogP contribution < -0.4 is 11.1 Å². The van der Waals surface area contributed by atoms with Gasteiger partial charge < -0.3 is 11.1 Å². The maximum absolute atomic E-state index is 13.5. The zero-order valence-electron chi connectivity index (χ0n) is 17.2. The number of benzene rings is 3. The molecule has 10 heteroatoms. The number of nitrogens with two attached hydrogens (primary N) is 1. The standard InChI is InChI=1S/C24H14BrClFN5O2/c25-19-10-18-21(23(28)33)31-32(14-4-1-12(27)2-5-14)22(18)17-9-13(3-6-15(17)19)30-24(34)16-7-8-29-11-20(16)26/h1-11H,(H2,28,33)(H,30,34). The summed E-state index contributed by atoms with van der Waals surface area (Å²) < 4.78 is 15.8. The molecule has 0 spiro atoms. The third-order valence-electron chi connectivity index (χ3n) is 5.30. The molecule has 3 aromatic carbocycles. The molecule has 0 bridgehead atoms. The van der Waals surface area contributed by atoms with Crippen molar-refractivity contribution in [1.82, 2.24) is 14.8 Å². The predicted octanol–water partition coefficient (Wildman–Crippen LogP) is 5.48. The highest BCUT2D eigenvalue weighted by molar-refractivity contribution is 9.10. The van der Waals surface area contributed by atoms with E-state index in [2.05, 4.69) is 31.3 Å². The van der Waals surface area contributed by atoms with Gasteiger partial charge in [-0.25, -0.2) is 9.07 Å². The van der Waals surface area contributed by atoms with E-state index < -0.39 is 17.6 Å². The smallest absolute Gasteiger partial charge is 0.269 e. The van der Waals surface area contributed by atoms with E-state index in [-0.39, 0.29) is 16.3 Å². The zero-order valence-corrected chi connectivity index (χ0v) is 19.6. The second-order valence-corrected chi connectivity index (χ2v) is 8.69. The fourth-order valence-electron chi connectivity index (χ4n) is 3.77. The van der Waals surface area contributed by atoms with Crippen LogP contribution in [0.2, 0.25) is 5.02 Å². The highest BCUT2D eigenvalue weighted by Gasteiger charge is 2.20. The quantitative estimate of drug-likeness (QED) is 0.316. The minimum Gasteiger partial charge on any atom is -0.364 e. The fraction of sp³-hybridized carbons (Fsp3) is 0. The Morgan fingerprint density at radius 3 is 2.50 bits per heavy atom. The number of aromatic nitrogens is 3. The Balaban J connectivity index is 1.73. The lowest BCUT2D eigenvalue weighted by Crippen LogP contribution is -2.12. The molecule has 0 saturated carbocycles. The Labute approximate surface area is 205 Å². The van der Waals surface area contributed by atoms with Crippen LogP contribution in [0.4, 0.5) is 10.1 Å². The van der Waals surface area contributed by atoms with Crippen LogP contribution in [0.15, 0.2) is 71.5 Å². The third kappa shape index (κ3) is 3.78. The maximum atomic E-state index is 13.5. The first-order valence-electron chi connectivity index (χ1n) is 9.95. The van der Waals surface area contributed by atoms with Crippen molar-refractivity contribution in [3.63, 3.8) is 0 Å². The number of pyridine rings is 1. The monoisotopic (exact) mass is 537 g/mol. The van der Waals surface area contributed by atoms with Gasteiger partial charge >= 0.3 is 0 Å². The highest BCUT2D eigenvalue weighted by Crippen LogP contribution is 2.36. The first-order chi connectivity index (χ1) is 16.3. The molecule has 7 nitrogen and oxygen atoms in total. The second kappa shape index (κ2) is 8.51. The molecule has 2 heterocycles. The van der Waals surface area contributed by atoms with Crippen LogP contribution in [0.5, 0.6) is 0 Å². The molecule has 34 heavy (non-hydrogen) atoms. The summed E-state index contributed by atoms with van der Waals surface area (Å²) in [5.41, 5.74) is 7.57. The van der Waals surface area contributed by atoms with Crippen molar-refractivity contribution in [1.29, 1.82) is 0 Å². The van der Waals surface area contributed by atoms with Crippen LogP contribution >= 0.6 is 27.5 Å². The average Bonchev–Trinajstić information content (AvgIpc) is 3.19. The SMILES string of the molecule is NC(=O)c1nn(-c2ccc(F)cc2)c2c1cc(Br)c1ccc(NC(=O)c3ccncc3Cl)cc12. The number of amides is 2. The summed E-state index contributed by atoms with van der Waals surface area (Å²) in [6, 6.07) is 14.3. The van der Waals surface area contributed by atoms with E-state index in [0.29, 0.717) is 32.1 Å². The number of hydrogen-bond acceptors (Lipinski definition) is 4. The summed E-state index contributed by atoms with van der Waals surface area (Å²) in [4.78, 5) is 28.8. The molecule has 2 amide bonds. The average molecular weight is 539 g/mol. The first kappa shape index (κ1) is 22.0. The topological polar surface area (TPSA) is 103 Å². The zero-order chi connectivity index (χ0) is 24.0.